The first-order chi connectivity index (χ1) is 7.33. The van der Waals surface area contributed by atoms with Crippen LogP contribution in [0, 0.1) is 0 Å². The number of unbranched alkanes of at least 4 members (excludes halogenated alkanes) is 1. The summed E-state index contributed by atoms with van der Waals surface area (Å²) in [4.78, 5) is 11.2. The lowest BCUT2D eigenvalue weighted by Gasteiger charge is -2.07. The summed E-state index contributed by atoms with van der Waals surface area (Å²) in [6.07, 6.45) is 6.61. The third-order valence-corrected chi connectivity index (χ3v) is 2.15. The average molecular weight is 209 g/mol. The van der Waals surface area contributed by atoms with Gasteiger partial charge in [0, 0.05) is 31.9 Å². The van der Waals surface area contributed by atoms with E-state index in [1.807, 2.05) is 24.5 Å². The maximum absolute atomic E-state index is 11.2. The molecule has 0 aliphatic carbocycles. The molecule has 1 aromatic rings. The number of nitrogens with one attached hydrogen (secondary N) is 2. The van der Waals surface area contributed by atoms with Crippen molar-refractivity contribution in [2.45, 2.75) is 32.7 Å². The minimum Gasteiger partial charge on any atom is -0.353 e. The topological polar surface area (TPSA) is 46.1 Å². The number of aromatic nitrogens is 1. The normalized spacial score (nSPS) is 10.2. The van der Waals surface area contributed by atoms with E-state index in [0.29, 0.717) is 6.42 Å². The van der Waals surface area contributed by atoms with Gasteiger partial charge in [0.1, 0.15) is 0 Å². The molecular formula is C11H19N3O. The fraction of sp³-hybridized carbons (Fsp3) is 0.545. The highest BCUT2D eigenvalue weighted by molar-refractivity contribution is 5.75. The van der Waals surface area contributed by atoms with E-state index in [1.165, 1.54) is 0 Å². The quantitative estimate of drug-likeness (QED) is 0.525. The second-order valence-corrected chi connectivity index (χ2v) is 3.50. The number of hydrazine groups is 1. The lowest BCUT2D eigenvalue weighted by Crippen LogP contribution is -2.38. The predicted molar refractivity (Wildman–Crippen MR) is 60.1 cm³/mol. The number of amides is 1. The molecular weight excluding hydrogens is 190 g/mol. The monoisotopic (exact) mass is 209 g/mol. The Balaban J connectivity index is 1.99. The molecule has 0 radical (unpaired) electrons. The zero-order valence-corrected chi connectivity index (χ0v) is 9.20. The highest BCUT2D eigenvalue weighted by atomic mass is 16.2. The van der Waals surface area contributed by atoms with E-state index in [-0.39, 0.29) is 5.91 Å². The van der Waals surface area contributed by atoms with Crippen molar-refractivity contribution in [1.29, 1.82) is 0 Å². The highest BCUT2D eigenvalue weighted by Crippen LogP contribution is 1.92. The Morgan fingerprint density at radius 3 is 2.73 bits per heavy atom. The number of carbonyl (C=O) groups is 1. The predicted octanol–water partition coefficient (Wildman–Crippen LogP) is 1.30. The molecule has 0 aliphatic heterocycles. The number of rotatable bonds is 7. The minimum atomic E-state index is 0.0735. The lowest BCUT2D eigenvalue weighted by atomic mass is 10.2. The van der Waals surface area contributed by atoms with Crippen molar-refractivity contribution in [3.63, 3.8) is 0 Å². The summed E-state index contributed by atoms with van der Waals surface area (Å²) in [6.45, 7) is 3.68. The Morgan fingerprint density at radius 1 is 1.33 bits per heavy atom. The van der Waals surface area contributed by atoms with Crippen molar-refractivity contribution in [2.24, 2.45) is 0 Å². The summed E-state index contributed by atoms with van der Waals surface area (Å²) < 4.78 is 2.06. The van der Waals surface area contributed by atoms with Crippen LogP contribution < -0.4 is 10.9 Å². The Hall–Kier alpha value is -1.29. The van der Waals surface area contributed by atoms with Crippen LogP contribution in [0.15, 0.2) is 24.5 Å². The fourth-order valence-electron chi connectivity index (χ4n) is 1.27. The molecule has 1 aromatic heterocycles. The number of hydrogen-bond acceptors (Lipinski definition) is 2. The second-order valence-electron chi connectivity index (χ2n) is 3.50. The molecule has 0 fully saturated rings. The maximum atomic E-state index is 11.2. The zero-order chi connectivity index (χ0) is 10.9. The largest absolute Gasteiger partial charge is 0.353 e. The molecule has 0 saturated carbocycles. The van der Waals surface area contributed by atoms with Crippen molar-refractivity contribution < 1.29 is 4.79 Å². The maximum Gasteiger partial charge on any atom is 0.234 e. The van der Waals surface area contributed by atoms with Crippen molar-refractivity contribution in [3.05, 3.63) is 24.5 Å². The Morgan fingerprint density at radius 2 is 2.07 bits per heavy atom. The Bertz CT molecular complexity index is 269. The molecule has 0 saturated heterocycles. The van der Waals surface area contributed by atoms with E-state index in [9.17, 15) is 4.79 Å². The van der Waals surface area contributed by atoms with E-state index < -0.39 is 0 Å². The van der Waals surface area contributed by atoms with Gasteiger partial charge in [0.05, 0.1) is 0 Å². The molecule has 84 valence electrons. The van der Waals surface area contributed by atoms with Gasteiger partial charge < -0.3 is 4.57 Å². The molecule has 1 rings (SSSR count). The first-order valence-electron chi connectivity index (χ1n) is 5.45. The highest BCUT2D eigenvalue weighted by Gasteiger charge is 1.97. The van der Waals surface area contributed by atoms with Crippen LogP contribution in [0.3, 0.4) is 0 Å². The van der Waals surface area contributed by atoms with E-state index in [0.717, 1.165) is 25.9 Å². The average Bonchev–Trinajstić information content (AvgIpc) is 2.74. The molecule has 4 heteroatoms. The van der Waals surface area contributed by atoms with Crippen LogP contribution in [-0.2, 0) is 11.3 Å². The van der Waals surface area contributed by atoms with Crippen LogP contribution in [-0.4, -0.2) is 17.0 Å². The van der Waals surface area contributed by atoms with E-state index in [2.05, 4.69) is 22.3 Å². The standard InChI is InChI=1S/C11H19N3O/c1-2-3-6-11(15)13-12-7-10-14-8-4-5-9-14/h4-5,8-9,12H,2-3,6-7,10H2,1H3,(H,13,15). The Labute approximate surface area is 90.6 Å². The molecule has 2 N–H and O–H groups in total. The van der Waals surface area contributed by atoms with Crippen LogP contribution in [0.5, 0.6) is 0 Å². The van der Waals surface area contributed by atoms with Gasteiger partial charge in [-0.1, -0.05) is 13.3 Å². The third kappa shape index (κ3) is 5.22. The molecule has 0 aromatic carbocycles. The SMILES string of the molecule is CCCCC(=O)NNCCn1cccc1. The van der Waals surface area contributed by atoms with Crippen molar-refractivity contribution >= 4 is 5.91 Å². The molecule has 1 heterocycles. The summed E-state index contributed by atoms with van der Waals surface area (Å²) in [7, 11) is 0. The summed E-state index contributed by atoms with van der Waals surface area (Å²) in [5.74, 6) is 0.0735. The van der Waals surface area contributed by atoms with Crippen LogP contribution in [0.4, 0.5) is 0 Å². The number of hydrogen-bond donors (Lipinski definition) is 2. The lowest BCUT2D eigenvalue weighted by molar-refractivity contribution is -0.122. The molecule has 0 atom stereocenters. The van der Waals surface area contributed by atoms with E-state index >= 15 is 0 Å². The molecule has 0 bridgehead atoms. The summed E-state index contributed by atoms with van der Waals surface area (Å²) >= 11 is 0. The van der Waals surface area contributed by atoms with Gasteiger partial charge in [-0.2, -0.15) is 0 Å². The number of nitrogens with zero attached hydrogens (tertiary/aromatic N) is 1. The van der Waals surface area contributed by atoms with Gasteiger partial charge in [-0.05, 0) is 18.6 Å². The van der Waals surface area contributed by atoms with Gasteiger partial charge in [-0.3, -0.25) is 10.2 Å². The van der Waals surface area contributed by atoms with Gasteiger partial charge in [0.25, 0.3) is 0 Å². The van der Waals surface area contributed by atoms with Gasteiger partial charge in [-0.25, -0.2) is 5.43 Å². The molecule has 15 heavy (non-hydrogen) atoms. The van der Waals surface area contributed by atoms with Crippen molar-refractivity contribution in [3.8, 4) is 0 Å². The van der Waals surface area contributed by atoms with Crippen molar-refractivity contribution in [2.75, 3.05) is 6.54 Å². The number of carbonyl (C=O) groups excluding carboxylic acids is 1. The van der Waals surface area contributed by atoms with Gasteiger partial charge in [0.15, 0.2) is 0 Å². The van der Waals surface area contributed by atoms with E-state index in [1.54, 1.807) is 0 Å². The molecule has 0 spiro atoms. The fourth-order valence-corrected chi connectivity index (χ4v) is 1.27. The van der Waals surface area contributed by atoms with Gasteiger partial charge in [0.2, 0.25) is 5.91 Å². The van der Waals surface area contributed by atoms with Crippen molar-refractivity contribution in [1.82, 2.24) is 15.4 Å². The third-order valence-electron chi connectivity index (χ3n) is 2.15. The van der Waals surface area contributed by atoms with Crippen LogP contribution in [0.1, 0.15) is 26.2 Å². The summed E-state index contributed by atoms with van der Waals surface area (Å²) in [5.41, 5.74) is 5.59. The molecule has 0 unspecified atom stereocenters. The Kier molecular flexibility index (Phi) is 5.55. The summed E-state index contributed by atoms with van der Waals surface area (Å²) in [6, 6.07) is 3.97. The van der Waals surface area contributed by atoms with Gasteiger partial charge in [-0.15, -0.1) is 0 Å². The smallest absolute Gasteiger partial charge is 0.234 e. The molecule has 4 nitrogen and oxygen atoms in total. The second kappa shape index (κ2) is 7.06. The first kappa shape index (κ1) is 11.8. The van der Waals surface area contributed by atoms with E-state index in [4.69, 9.17) is 0 Å². The minimum absolute atomic E-state index is 0.0735. The first-order valence-corrected chi connectivity index (χ1v) is 5.45. The van der Waals surface area contributed by atoms with Crippen LogP contribution in [0.25, 0.3) is 0 Å². The summed E-state index contributed by atoms with van der Waals surface area (Å²) in [5, 5.41) is 0. The van der Waals surface area contributed by atoms with Crippen LogP contribution >= 0.6 is 0 Å². The van der Waals surface area contributed by atoms with Gasteiger partial charge >= 0.3 is 0 Å². The van der Waals surface area contributed by atoms with Crippen LogP contribution in [0.2, 0.25) is 0 Å². The zero-order valence-electron chi connectivity index (χ0n) is 9.20. The molecule has 1 amide bonds. The molecule has 0 aliphatic rings.